The Kier molecular flexibility index (Phi) is 15.4. The zero-order valence-electron chi connectivity index (χ0n) is 37.5. The molecule has 2 aromatic heterocycles. The third-order valence-electron chi connectivity index (χ3n) is 12.1. The number of β-amino-alcohol motifs (C(OH)–C–C–N with tert-alkyl or cyclic N) is 1. The predicted molar refractivity (Wildman–Crippen MR) is 252 cm³/mol. The van der Waals surface area contributed by atoms with Gasteiger partial charge in [0, 0.05) is 68.6 Å². The second-order valence-corrected chi connectivity index (χ2v) is 20.2. The number of amides is 4. The fraction of sp³-hybridized carbons (Fsp3) is 0.489. The predicted octanol–water partition coefficient (Wildman–Crippen LogP) is 5.42. The summed E-state index contributed by atoms with van der Waals surface area (Å²) in [5.41, 5.74) is 2.29. The molecule has 4 amide bonds. The lowest BCUT2D eigenvalue weighted by molar-refractivity contribution is -0.143. The summed E-state index contributed by atoms with van der Waals surface area (Å²) >= 11 is 8.90. The summed E-state index contributed by atoms with van der Waals surface area (Å²) in [6, 6.07) is 7.56. The molecule has 0 spiro atoms. The van der Waals surface area contributed by atoms with Crippen molar-refractivity contribution in [3.63, 3.8) is 0 Å². The van der Waals surface area contributed by atoms with E-state index in [0.29, 0.717) is 82.5 Å². The molecule has 1 unspecified atom stereocenters. The van der Waals surface area contributed by atoms with Gasteiger partial charge in [-0.25, -0.2) is 18.7 Å². The van der Waals surface area contributed by atoms with Gasteiger partial charge in [0.05, 0.1) is 41.2 Å². The van der Waals surface area contributed by atoms with Gasteiger partial charge in [-0.05, 0) is 82.2 Å². The number of rotatable bonds is 18. The fourth-order valence-corrected chi connectivity index (χ4v) is 10.2. The number of nitrogens with zero attached hydrogens (tertiary/aromatic N) is 6. The maximum absolute atomic E-state index is 15.1. The lowest BCUT2D eigenvalue weighted by Crippen LogP contribution is -2.61. The molecule has 0 bridgehead atoms. The number of aliphatic hydroxyl groups excluding tert-OH is 1. The highest BCUT2D eigenvalue weighted by Crippen LogP contribution is 2.41. The number of nitrogens with one attached hydrogen (secondary N) is 4. The monoisotopic (exact) mass is 968 g/mol. The van der Waals surface area contributed by atoms with Crippen LogP contribution in [-0.4, -0.2) is 146 Å². The van der Waals surface area contributed by atoms with Crippen LogP contribution < -0.4 is 26.0 Å². The van der Waals surface area contributed by atoms with Crippen LogP contribution >= 0.6 is 34.7 Å². The van der Waals surface area contributed by atoms with Gasteiger partial charge in [0.25, 0.3) is 11.8 Å². The first-order valence-corrected chi connectivity index (χ1v) is 24.0. The number of hydrogen-bond donors (Lipinski definition) is 5. The average molecular weight is 970 g/mol. The van der Waals surface area contributed by atoms with Gasteiger partial charge in [0.15, 0.2) is 5.67 Å². The largest absolute Gasteiger partial charge is 0.495 e. The van der Waals surface area contributed by atoms with Crippen molar-refractivity contribution in [2.45, 2.75) is 81.6 Å². The number of alkyl halides is 1. The van der Waals surface area contributed by atoms with Gasteiger partial charge in [0.2, 0.25) is 17.8 Å². The first-order chi connectivity index (χ1) is 31.5. The lowest BCUT2D eigenvalue weighted by Gasteiger charge is -2.38. The van der Waals surface area contributed by atoms with Crippen LogP contribution in [0.1, 0.15) is 61.1 Å². The third kappa shape index (κ3) is 11.3. The molecule has 354 valence electrons. The number of carbonyl (C=O) groups is 4. The molecule has 3 aliphatic rings. The van der Waals surface area contributed by atoms with Crippen LogP contribution in [0.4, 0.5) is 26.2 Å². The summed E-state index contributed by atoms with van der Waals surface area (Å²) in [5, 5.41) is 22.6. The van der Waals surface area contributed by atoms with E-state index in [4.69, 9.17) is 16.3 Å². The minimum absolute atomic E-state index is 0.0220. The highest BCUT2D eigenvalue weighted by atomic mass is 35.5. The van der Waals surface area contributed by atoms with E-state index in [2.05, 4.69) is 41.1 Å². The molecular weight excluding hydrogens is 914 g/mol. The molecule has 1 saturated carbocycles. The molecule has 0 radical (unpaired) electrons. The second-order valence-electron chi connectivity index (χ2n) is 17.2. The highest BCUT2D eigenvalue weighted by molar-refractivity contribution is 8.00. The number of benzene rings is 2. The lowest BCUT2D eigenvalue weighted by atomic mass is 10.00. The van der Waals surface area contributed by atoms with Crippen molar-refractivity contribution in [3.8, 4) is 16.2 Å². The Balaban J connectivity index is 0.916. The number of likely N-dealkylation sites (tertiary alicyclic amines) is 1. The minimum Gasteiger partial charge on any atom is -0.495 e. The second kappa shape index (κ2) is 20.8. The van der Waals surface area contributed by atoms with Crippen LogP contribution in [0.25, 0.3) is 10.4 Å². The number of anilines is 3. The molecule has 4 aromatic rings. The van der Waals surface area contributed by atoms with Crippen molar-refractivity contribution >= 4 is 75.8 Å². The van der Waals surface area contributed by atoms with Crippen molar-refractivity contribution < 1.29 is 37.8 Å². The summed E-state index contributed by atoms with van der Waals surface area (Å²) in [4.78, 5) is 73.6. The van der Waals surface area contributed by atoms with Gasteiger partial charge < -0.3 is 40.9 Å². The van der Waals surface area contributed by atoms with Crippen LogP contribution in [0.2, 0.25) is 5.02 Å². The standard InChI is InChI=1S/C45H55ClF2N10O6S2/c1-26-36(65-25-52-26)30-9-7-27(19-32(30)47)22-50-39(60)34-21-29(59)24-58(34)41(62)37(54-42(63)45(48)11-12-45)44(2,3)66-18-6-13-56-14-16-57(17-15-56)40(61)28-8-10-33(35(20-28)64-5)53-43-51-23-31(46)38(49-4)55-43/h7-10,19-20,23,25,29,34,37,59H,6,11-18,21-22,24H2,1-5H3,(H,50,60)(H,54,63)(H2,49,51,53,55)/t29-,34+,37?/m1/s1. The molecule has 7 rings (SSSR count). The van der Waals surface area contributed by atoms with Gasteiger partial charge in [-0.15, -0.1) is 11.3 Å². The van der Waals surface area contributed by atoms with Crippen molar-refractivity contribution in [1.82, 2.24) is 40.3 Å². The zero-order valence-corrected chi connectivity index (χ0v) is 39.8. The Morgan fingerprint density at radius 1 is 1.11 bits per heavy atom. The van der Waals surface area contributed by atoms with Crippen LogP contribution in [0.5, 0.6) is 5.75 Å². The van der Waals surface area contributed by atoms with Gasteiger partial charge in [-0.2, -0.15) is 16.7 Å². The maximum atomic E-state index is 15.1. The summed E-state index contributed by atoms with van der Waals surface area (Å²) in [7, 11) is 3.22. The van der Waals surface area contributed by atoms with Gasteiger partial charge in [0.1, 0.15) is 34.5 Å². The highest BCUT2D eigenvalue weighted by Gasteiger charge is 2.54. The average Bonchev–Trinajstić information content (AvgIpc) is 3.72. The Bertz CT molecular complexity index is 2430. The number of aliphatic hydroxyl groups is 1. The number of halogens is 3. The molecule has 5 N–H and O–H groups in total. The van der Waals surface area contributed by atoms with Crippen LogP contribution in [0.3, 0.4) is 0 Å². The van der Waals surface area contributed by atoms with E-state index in [1.807, 2.05) is 0 Å². The Hall–Kier alpha value is -5.15. The third-order valence-corrected chi connectivity index (χ3v) is 14.8. The smallest absolute Gasteiger partial charge is 0.258 e. The van der Waals surface area contributed by atoms with E-state index in [1.54, 1.807) is 68.6 Å². The summed E-state index contributed by atoms with van der Waals surface area (Å²) in [5.74, 6) is -0.778. The molecule has 4 heterocycles. The van der Waals surface area contributed by atoms with Gasteiger partial charge in [-0.3, -0.25) is 24.1 Å². The number of piperazine rings is 1. The number of aromatic nitrogens is 3. The fourth-order valence-electron chi connectivity index (χ4n) is 8.04. The number of ether oxygens (including phenoxy) is 1. The van der Waals surface area contributed by atoms with E-state index in [9.17, 15) is 24.3 Å². The van der Waals surface area contributed by atoms with Crippen molar-refractivity contribution in [1.29, 1.82) is 0 Å². The molecular formula is C45H55ClF2N10O6S2. The van der Waals surface area contributed by atoms with E-state index in [-0.39, 0.29) is 38.3 Å². The molecule has 2 saturated heterocycles. The number of thioether (sulfide) groups is 1. The molecule has 16 nitrogen and oxygen atoms in total. The molecule has 66 heavy (non-hydrogen) atoms. The Morgan fingerprint density at radius 3 is 2.53 bits per heavy atom. The normalized spacial score (nSPS) is 18.7. The zero-order chi connectivity index (χ0) is 47.3. The van der Waals surface area contributed by atoms with E-state index in [1.165, 1.54) is 47.4 Å². The number of carbonyl (C=O) groups excluding carboxylic acids is 4. The van der Waals surface area contributed by atoms with E-state index < -0.39 is 52.1 Å². The van der Waals surface area contributed by atoms with E-state index in [0.717, 1.165) is 17.8 Å². The summed E-state index contributed by atoms with van der Waals surface area (Å²) < 4.78 is 34.8. The molecule has 21 heteroatoms. The SMILES string of the molecule is CNc1nc(Nc2ccc(C(=O)N3CCN(CCCSC(C)(C)C(NC(=O)C4(F)CC4)C(=O)N4C[C@H](O)C[C@H]4C(=O)NCc4ccc(-c5scnc5C)c(F)c4)CC3)cc2OC)ncc1Cl. The number of thiazole rings is 1. The summed E-state index contributed by atoms with van der Waals surface area (Å²) in [6.07, 6.45) is 1.28. The van der Waals surface area contributed by atoms with Gasteiger partial charge in [-0.1, -0.05) is 23.7 Å². The van der Waals surface area contributed by atoms with Crippen LogP contribution in [0, 0.1) is 12.7 Å². The molecule has 3 fully saturated rings. The van der Waals surface area contributed by atoms with Gasteiger partial charge >= 0.3 is 0 Å². The Morgan fingerprint density at radius 2 is 1.86 bits per heavy atom. The first-order valence-electron chi connectivity index (χ1n) is 21.8. The van der Waals surface area contributed by atoms with Crippen molar-refractivity contribution in [2.24, 2.45) is 0 Å². The quantitative estimate of drug-likeness (QED) is 0.0795. The number of hydrogen-bond acceptors (Lipinski definition) is 14. The number of aryl methyl sites for hydroxylation is 1. The van der Waals surface area contributed by atoms with Crippen LogP contribution in [0.15, 0.2) is 48.1 Å². The summed E-state index contributed by atoms with van der Waals surface area (Å²) in [6.45, 7) is 8.31. The van der Waals surface area contributed by atoms with Crippen molar-refractivity contribution in [2.75, 3.05) is 69.8 Å². The molecule has 2 aromatic carbocycles. The first kappa shape index (κ1) is 48.8. The Labute approximate surface area is 395 Å². The van der Waals surface area contributed by atoms with E-state index >= 15 is 8.78 Å². The molecule has 2 aliphatic heterocycles. The number of methoxy groups -OCH3 is 1. The molecule has 1 aliphatic carbocycles. The maximum Gasteiger partial charge on any atom is 0.258 e. The van der Waals surface area contributed by atoms with Crippen LogP contribution in [-0.2, 0) is 20.9 Å². The topological polar surface area (TPSA) is 194 Å². The van der Waals surface area contributed by atoms with Crippen molar-refractivity contribution in [3.05, 3.63) is 75.8 Å². The molecule has 3 atom stereocenters. The minimum atomic E-state index is -2.05.